The first kappa shape index (κ1) is 13.7. The zero-order valence-corrected chi connectivity index (χ0v) is 11.7. The molecule has 0 aliphatic heterocycles. The minimum atomic E-state index is 0.592. The Labute approximate surface area is 104 Å². The molecule has 16 heavy (non-hydrogen) atoms. The maximum absolute atomic E-state index is 3.47. The van der Waals surface area contributed by atoms with Crippen LogP contribution in [-0.2, 0) is 6.54 Å². The van der Waals surface area contributed by atoms with E-state index in [2.05, 4.69) is 55.5 Å². The highest BCUT2D eigenvalue weighted by Crippen LogP contribution is 2.13. The second-order valence-corrected chi connectivity index (χ2v) is 5.77. The van der Waals surface area contributed by atoms with Gasteiger partial charge in [-0.2, -0.15) is 0 Å². The van der Waals surface area contributed by atoms with Crippen molar-refractivity contribution in [1.82, 2.24) is 10.2 Å². The van der Waals surface area contributed by atoms with Gasteiger partial charge in [-0.3, -0.25) is 4.90 Å². The van der Waals surface area contributed by atoms with Gasteiger partial charge in [-0.05, 0) is 38.4 Å². The van der Waals surface area contributed by atoms with Crippen molar-refractivity contribution in [2.75, 3.05) is 13.6 Å². The Hall–Kier alpha value is -0.380. The fourth-order valence-corrected chi connectivity index (χ4v) is 2.37. The molecule has 0 radical (unpaired) electrons. The van der Waals surface area contributed by atoms with Gasteiger partial charge in [0, 0.05) is 23.5 Å². The van der Waals surface area contributed by atoms with E-state index >= 15 is 0 Å². The van der Waals surface area contributed by atoms with E-state index in [1.807, 2.05) is 11.3 Å². The fraction of sp³-hybridized carbons (Fsp3) is 0.692. The third-order valence-electron chi connectivity index (χ3n) is 2.85. The van der Waals surface area contributed by atoms with Gasteiger partial charge < -0.3 is 5.32 Å². The Morgan fingerprint density at radius 1 is 1.38 bits per heavy atom. The van der Waals surface area contributed by atoms with Gasteiger partial charge in [0.15, 0.2) is 0 Å². The van der Waals surface area contributed by atoms with Crippen LogP contribution < -0.4 is 5.32 Å². The molecule has 1 atom stereocenters. The number of hydrogen-bond donors (Lipinski definition) is 1. The summed E-state index contributed by atoms with van der Waals surface area (Å²) >= 11 is 1.84. The van der Waals surface area contributed by atoms with Crippen LogP contribution in [0.15, 0.2) is 17.5 Å². The van der Waals surface area contributed by atoms with Crippen LogP contribution in [0.5, 0.6) is 0 Å². The maximum Gasteiger partial charge on any atom is 0.0327 e. The lowest BCUT2D eigenvalue weighted by atomic mass is 10.2. The van der Waals surface area contributed by atoms with Gasteiger partial charge >= 0.3 is 0 Å². The predicted molar refractivity (Wildman–Crippen MR) is 73.0 cm³/mol. The van der Waals surface area contributed by atoms with Crippen molar-refractivity contribution in [2.24, 2.45) is 0 Å². The Morgan fingerprint density at radius 3 is 2.69 bits per heavy atom. The number of nitrogens with zero attached hydrogens (tertiary/aromatic N) is 1. The van der Waals surface area contributed by atoms with Crippen LogP contribution in [0, 0.1) is 0 Å². The van der Waals surface area contributed by atoms with E-state index in [9.17, 15) is 0 Å². The number of rotatable bonds is 7. The predicted octanol–water partition coefficient (Wildman–Crippen LogP) is 2.96. The quantitative estimate of drug-likeness (QED) is 0.788. The van der Waals surface area contributed by atoms with Gasteiger partial charge in [0.1, 0.15) is 0 Å². The highest BCUT2D eigenvalue weighted by molar-refractivity contribution is 7.09. The molecule has 1 heterocycles. The molecule has 92 valence electrons. The summed E-state index contributed by atoms with van der Waals surface area (Å²) in [6.07, 6.45) is 1.21. The number of thiophene rings is 1. The molecule has 0 aliphatic carbocycles. The highest BCUT2D eigenvalue weighted by atomic mass is 32.1. The van der Waals surface area contributed by atoms with Crippen molar-refractivity contribution in [3.63, 3.8) is 0 Å². The Kier molecular flexibility index (Phi) is 6.03. The molecule has 0 aliphatic rings. The SMILES string of the molecule is CC(C)NCCC(C)N(C)Cc1cccs1. The largest absolute Gasteiger partial charge is 0.314 e. The molecule has 0 bridgehead atoms. The first-order valence-corrected chi connectivity index (χ1v) is 6.93. The molecular formula is C13H24N2S. The number of nitrogens with one attached hydrogen (secondary N) is 1. The molecule has 0 saturated heterocycles. The number of hydrogen-bond acceptors (Lipinski definition) is 3. The van der Waals surface area contributed by atoms with Crippen molar-refractivity contribution in [1.29, 1.82) is 0 Å². The van der Waals surface area contributed by atoms with E-state index < -0.39 is 0 Å². The van der Waals surface area contributed by atoms with Gasteiger partial charge in [-0.15, -0.1) is 11.3 Å². The molecule has 1 aromatic rings. The fourth-order valence-electron chi connectivity index (χ4n) is 1.61. The van der Waals surface area contributed by atoms with E-state index in [0.717, 1.165) is 13.1 Å². The summed E-state index contributed by atoms with van der Waals surface area (Å²) in [6, 6.07) is 5.56. The second-order valence-electron chi connectivity index (χ2n) is 4.74. The van der Waals surface area contributed by atoms with Gasteiger partial charge in [-0.1, -0.05) is 19.9 Å². The average Bonchev–Trinajstić information content (AvgIpc) is 2.69. The van der Waals surface area contributed by atoms with Crippen LogP contribution in [0.4, 0.5) is 0 Å². The minimum absolute atomic E-state index is 0.592. The van der Waals surface area contributed by atoms with E-state index in [0.29, 0.717) is 12.1 Å². The molecule has 1 rings (SSSR count). The van der Waals surface area contributed by atoms with Gasteiger partial charge in [0.05, 0.1) is 0 Å². The van der Waals surface area contributed by atoms with E-state index in [-0.39, 0.29) is 0 Å². The molecule has 0 fully saturated rings. The summed E-state index contributed by atoms with van der Waals surface area (Å²) in [4.78, 5) is 3.87. The molecule has 1 aromatic heterocycles. The molecule has 0 amide bonds. The second kappa shape index (κ2) is 7.05. The standard InChI is InChI=1S/C13H24N2S/c1-11(2)14-8-7-12(3)15(4)10-13-6-5-9-16-13/h5-6,9,11-12,14H,7-8,10H2,1-4H3. The monoisotopic (exact) mass is 240 g/mol. The first-order chi connectivity index (χ1) is 7.59. The Bertz CT molecular complexity index is 269. The van der Waals surface area contributed by atoms with Gasteiger partial charge in [0.25, 0.3) is 0 Å². The van der Waals surface area contributed by atoms with Crippen LogP contribution in [0.2, 0.25) is 0 Å². The molecule has 0 spiro atoms. The Morgan fingerprint density at radius 2 is 2.12 bits per heavy atom. The molecule has 0 saturated carbocycles. The van der Waals surface area contributed by atoms with Crippen LogP contribution in [-0.4, -0.2) is 30.6 Å². The third kappa shape index (κ3) is 5.10. The third-order valence-corrected chi connectivity index (χ3v) is 3.71. The van der Waals surface area contributed by atoms with Crippen LogP contribution in [0.3, 0.4) is 0 Å². The van der Waals surface area contributed by atoms with Crippen molar-refractivity contribution in [3.05, 3.63) is 22.4 Å². The van der Waals surface area contributed by atoms with Crippen LogP contribution in [0.25, 0.3) is 0 Å². The smallest absolute Gasteiger partial charge is 0.0327 e. The lowest BCUT2D eigenvalue weighted by Crippen LogP contribution is -2.33. The molecule has 1 N–H and O–H groups in total. The van der Waals surface area contributed by atoms with Crippen LogP contribution in [0.1, 0.15) is 32.1 Å². The molecular weight excluding hydrogens is 216 g/mol. The minimum Gasteiger partial charge on any atom is -0.314 e. The lowest BCUT2D eigenvalue weighted by molar-refractivity contribution is 0.237. The highest BCUT2D eigenvalue weighted by Gasteiger charge is 2.09. The molecule has 3 heteroatoms. The van der Waals surface area contributed by atoms with E-state index in [4.69, 9.17) is 0 Å². The summed E-state index contributed by atoms with van der Waals surface area (Å²) in [7, 11) is 2.21. The summed E-state index contributed by atoms with van der Waals surface area (Å²) in [6.45, 7) is 8.86. The maximum atomic E-state index is 3.47. The lowest BCUT2D eigenvalue weighted by Gasteiger charge is -2.24. The normalized spacial score (nSPS) is 13.6. The van der Waals surface area contributed by atoms with Crippen molar-refractivity contribution in [2.45, 2.75) is 45.8 Å². The average molecular weight is 240 g/mol. The van der Waals surface area contributed by atoms with E-state index in [1.54, 1.807) is 0 Å². The summed E-state index contributed by atoms with van der Waals surface area (Å²) in [5, 5.41) is 5.61. The molecule has 2 nitrogen and oxygen atoms in total. The van der Waals surface area contributed by atoms with Gasteiger partial charge in [0.2, 0.25) is 0 Å². The zero-order valence-electron chi connectivity index (χ0n) is 10.9. The Balaban J connectivity index is 2.22. The van der Waals surface area contributed by atoms with E-state index in [1.165, 1.54) is 11.3 Å². The zero-order chi connectivity index (χ0) is 12.0. The van der Waals surface area contributed by atoms with Crippen LogP contribution >= 0.6 is 11.3 Å². The molecule has 0 aromatic carbocycles. The summed E-state index contributed by atoms with van der Waals surface area (Å²) in [5.74, 6) is 0. The molecule has 1 unspecified atom stereocenters. The topological polar surface area (TPSA) is 15.3 Å². The van der Waals surface area contributed by atoms with Crippen molar-refractivity contribution in [3.8, 4) is 0 Å². The van der Waals surface area contributed by atoms with Crippen molar-refractivity contribution < 1.29 is 0 Å². The first-order valence-electron chi connectivity index (χ1n) is 6.05. The summed E-state index contributed by atoms with van der Waals surface area (Å²) < 4.78 is 0. The van der Waals surface area contributed by atoms with Gasteiger partial charge in [-0.25, -0.2) is 0 Å². The summed E-state index contributed by atoms with van der Waals surface area (Å²) in [5.41, 5.74) is 0. The van der Waals surface area contributed by atoms with Crippen molar-refractivity contribution >= 4 is 11.3 Å².